The second-order valence-corrected chi connectivity index (χ2v) is 20.3. The number of phenols is 1. The molecule has 10 aromatic rings. The van der Waals surface area contributed by atoms with Crippen LogP contribution >= 0.6 is 0 Å². The minimum Gasteiger partial charge on any atom is -0.507 e. The zero-order valence-corrected chi connectivity index (χ0v) is 44.7. The Morgan fingerprint density at radius 2 is 1.18 bits per heavy atom. The van der Waals surface area contributed by atoms with Crippen LogP contribution in [-0.2, 0) is 31.9 Å². The molecule has 0 aliphatic carbocycles. The van der Waals surface area contributed by atoms with Gasteiger partial charge in [-0.2, -0.15) is 0 Å². The molecule has 0 fully saturated rings. The summed E-state index contributed by atoms with van der Waals surface area (Å²) >= 11 is 0. The fourth-order valence-electron chi connectivity index (χ4n) is 9.55. The van der Waals surface area contributed by atoms with Crippen molar-refractivity contribution >= 4 is 11.0 Å². The Hall–Kier alpha value is -7.13. The predicted octanol–water partition coefficient (Wildman–Crippen LogP) is 18.7. The normalized spacial score (nSPS) is 15.7. The molecule has 0 bridgehead atoms. The molecule has 0 radical (unpaired) electrons. The molecule has 4 nitrogen and oxygen atoms in total. The molecule has 374 valence electrons. The number of aryl methyl sites for hydroxylation is 1. The Morgan fingerprint density at radius 3 is 1.81 bits per heavy atom. The number of nitrogens with zero attached hydrogens (tertiary/aromatic N) is 3. The predicted molar refractivity (Wildman–Crippen MR) is 308 cm³/mol. The van der Waals surface area contributed by atoms with E-state index in [1.54, 1.807) is 58.2 Å². The van der Waals surface area contributed by atoms with Crippen LogP contribution in [0.25, 0.3) is 95.0 Å². The van der Waals surface area contributed by atoms with Crippen LogP contribution in [0.4, 0.5) is 0 Å². The van der Waals surface area contributed by atoms with Crippen molar-refractivity contribution in [2.45, 2.75) is 98.5 Å². The van der Waals surface area contributed by atoms with E-state index in [9.17, 15) is 7.85 Å². The molecule has 74 heavy (non-hydrogen) atoms. The molecular formula is C69H66N3OPt-. The van der Waals surface area contributed by atoms with Gasteiger partial charge in [0.25, 0.3) is 0 Å². The fourth-order valence-corrected chi connectivity index (χ4v) is 9.55. The van der Waals surface area contributed by atoms with Crippen LogP contribution in [0, 0.1) is 12.9 Å². The number of aromatic hydroxyl groups is 1. The van der Waals surface area contributed by atoms with Crippen LogP contribution in [0.3, 0.4) is 0 Å². The van der Waals surface area contributed by atoms with Crippen molar-refractivity contribution in [3.63, 3.8) is 0 Å². The van der Waals surface area contributed by atoms with Crippen molar-refractivity contribution in [3.8, 4) is 89.7 Å². The maximum Gasteiger partial charge on any atom is 0.148 e. The van der Waals surface area contributed by atoms with Gasteiger partial charge in [0.15, 0.2) is 0 Å². The van der Waals surface area contributed by atoms with E-state index in [0.717, 1.165) is 22.3 Å². The third-order valence-corrected chi connectivity index (χ3v) is 13.6. The van der Waals surface area contributed by atoms with Gasteiger partial charge in [-0.05, 0) is 121 Å². The van der Waals surface area contributed by atoms with Gasteiger partial charge in [-0.1, -0.05) is 219 Å². The smallest absolute Gasteiger partial charge is 0.148 e. The molecule has 0 atom stereocenters. The molecule has 2 heterocycles. The number of aromatic nitrogens is 3. The Bertz CT molecular complexity index is 4170. The number of rotatable bonds is 10. The van der Waals surface area contributed by atoms with Gasteiger partial charge < -0.3 is 5.11 Å². The van der Waals surface area contributed by atoms with Crippen molar-refractivity contribution in [1.29, 1.82) is 0 Å². The van der Waals surface area contributed by atoms with Crippen molar-refractivity contribution < 1.29 is 45.4 Å². The van der Waals surface area contributed by atoms with E-state index in [1.807, 2.05) is 132 Å². The summed E-state index contributed by atoms with van der Waals surface area (Å²) in [5.74, 6) is -2.56. The third kappa shape index (κ3) is 10.2. The Morgan fingerprint density at radius 1 is 0.554 bits per heavy atom. The summed E-state index contributed by atoms with van der Waals surface area (Å²) < 4.78 is 122. The van der Waals surface area contributed by atoms with Gasteiger partial charge in [0, 0.05) is 57.7 Å². The topological polar surface area (TPSA) is 50.9 Å². The first-order chi connectivity index (χ1) is 40.5. The van der Waals surface area contributed by atoms with Gasteiger partial charge in [-0.25, -0.2) is 4.98 Å². The average molecular weight is 1160 g/mol. The number of phenolic OH excluding ortho intramolecular Hbond substituents is 1. The summed E-state index contributed by atoms with van der Waals surface area (Å²) in [6.45, 7) is 0.267. The van der Waals surface area contributed by atoms with Crippen LogP contribution in [-0.4, -0.2) is 19.6 Å². The van der Waals surface area contributed by atoms with E-state index in [2.05, 4.69) is 26.8 Å². The maximum atomic E-state index is 12.7. The monoisotopic (exact) mass is 1160 g/mol. The quantitative estimate of drug-likeness (QED) is 0.139. The first kappa shape index (κ1) is 36.7. The summed E-state index contributed by atoms with van der Waals surface area (Å²) in [6, 6.07) is 56.7. The van der Waals surface area contributed by atoms with Gasteiger partial charge in [0.05, 0.1) is 22.3 Å². The van der Waals surface area contributed by atoms with Crippen LogP contribution in [0.15, 0.2) is 182 Å². The number of fused-ring (bicyclic) bond motifs is 1. The first-order valence-corrected chi connectivity index (χ1v) is 24.4. The standard InChI is InChI=1S/C69H66N3O.Pt/c1-43(2)51-39-58(44(3)4)66(73)61(40-51)67-71-65-57(53-36-52(46-19-14-12-15-20-46)37-54(38-53)62-41-50(33-34-70-62)47-25-29-55(30-26-47)68(6,7)8)23-18-24-63(65)72(67)64-35-45(5)59(42-60(64)48-21-16-13-17-22-48)49-27-31-56(32-28-49)69(9,10)11;/h12-37,39-44,73H,1-11H3;/q-1;/i5D3,6D3,7D3,8D3,43D,44D;. The third-order valence-electron chi connectivity index (χ3n) is 13.6. The molecule has 10 rings (SSSR count). The molecule has 0 saturated carbocycles. The minimum atomic E-state index is -3.43. The van der Waals surface area contributed by atoms with E-state index >= 15 is 0 Å². The zero-order chi connectivity index (χ0) is 63.2. The Kier molecular flexibility index (Phi) is 10.2. The first-order valence-electron chi connectivity index (χ1n) is 31.4. The van der Waals surface area contributed by atoms with Crippen molar-refractivity contribution in [2.75, 3.05) is 0 Å². The average Bonchev–Trinajstić information content (AvgIpc) is 1.07. The van der Waals surface area contributed by atoms with Crippen molar-refractivity contribution in [2.24, 2.45) is 0 Å². The van der Waals surface area contributed by atoms with Crippen molar-refractivity contribution in [3.05, 3.63) is 216 Å². The molecule has 0 aliphatic rings. The molecule has 0 unspecified atom stereocenters. The summed E-state index contributed by atoms with van der Waals surface area (Å²) in [5.41, 5.74) is 7.53. The van der Waals surface area contributed by atoms with Gasteiger partial charge in [0.2, 0.25) is 0 Å². The van der Waals surface area contributed by atoms with Crippen LogP contribution in [0.2, 0.25) is 0 Å². The Labute approximate surface area is 473 Å². The van der Waals surface area contributed by atoms with E-state index in [4.69, 9.17) is 26.4 Å². The number of para-hydroxylation sites is 1. The second kappa shape index (κ2) is 20.6. The van der Waals surface area contributed by atoms with E-state index in [-0.39, 0.29) is 60.3 Å². The van der Waals surface area contributed by atoms with E-state index in [1.165, 1.54) is 24.3 Å². The van der Waals surface area contributed by atoms with Crippen LogP contribution in [0.1, 0.15) is 128 Å². The van der Waals surface area contributed by atoms with Gasteiger partial charge >= 0.3 is 0 Å². The second-order valence-electron chi connectivity index (χ2n) is 20.3. The largest absolute Gasteiger partial charge is 0.507 e. The molecule has 0 amide bonds. The molecule has 2 aromatic heterocycles. The van der Waals surface area contributed by atoms with Crippen LogP contribution < -0.4 is 0 Å². The molecule has 8 aromatic carbocycles. The molecule has 0 saturated heterocycles. The molecular weight excluding hydrogens is 1080 g/mol. The number of hydrogen-bond acceptors (Lipinski definition) is 3. The number of benzene rings is 8. The Balaban J connectivity index is 0.00000922. The number of pyridine rings is 1. The van der Waals surface area contributed by atoms with E-state index in [0.29, 0.717) is 72.5 Å². The van der Waals surface area contributed by atoms with Crippen LogP contribution in [0.5, 0.6) is 5.75 Å². The SMILES string of the molecule is [2H]C([2H])([2H])c1cc(-n2c(-c3cc(C([2H])(C)C)cc(C([2H])(C)C)c3O)nc3c(-c4[c-]c(-c5cc(-c6ccc(C(C([2H])([2H])[2H])(C([2H])([2H])[2H])C([2H])([2H])[2H])cc6)ccn5)cc(-c5ccccc5)c4)cccc32)c(-c2ccccc2)cc1-c1ccc(C(C)(C)C)cc1.[Pt]. The number of hydrogen-bond donors (Lipinski definition) is 1. The van der Waals surface area contributed by atoms with Gasteiger partial charge in [-0.3, -0.25) is 9.55 Å². The van der Waals surface area contributed by atoms with E-state index < -0.39 is 44.6 Å². The molecule has 1 N–H and O–H groups in total. The molecule has 5 heteroatoms. The maximum absolute atomic E-state index is 12.7. The zero-order valence-electron chi connectivity index (χ0n) is 56.4. The van der Waals surface area contributed by atoms with Gasteiger partial charge in [0.1, 0.15) is 11.6 Å². The summed E-state index contributed by atoms with van der Waals surface area (Å²) in [7, 11) is 0. The summed E-state index contributed by atoms with van der Waals surface area (Å²) in [6.07, 6.45) is 1.60. The minimum absolute atomic E-state index is 0. The number of imidazole rings is 1. The summed E-state index contributed by atoms with van der Waals surface area (Å²) in [4.78, 5) is 10.3. The van der Waals surface area contributed by atoms with Crippen molar-refractivity contribution in [1.82, 2.24) is 14.5 Å². The van der Waals surface area contributed by atoms with Gasteiger partial charge in [-0.15, -0.1) is 23.8 Å². The fraction of sp³-hybridized carbons (Fsp3) is 0.217. The summed E-state index contributed by atoms with van der Waals surface area (Å²) in [5, 5.41) is 12.7. The molecule has 0 aliphatic heterocycles. The molecule has 0 spiro atoms.